The number of para-hydroxylation sites is 1. The maximum Gasteiger partial charge on any atom is 0.414 e. The minimum Gasteiger partial charge on any atom is -0.473 e. The fourth-order valence-corrected chi connectivity index (χ4v) is 2.87. The number of anilines is 3. The Bertz CT molecular complexity index is 1090. The number of carbonyl (C=O) groups is 3. The summed E-state index contributed by atoms with van der Waals surface area (Å²) in [5, 5.41) is 21.1. The minimum atomic E-state index is -1.82. The minimum absolute atomic E-state index is 0.219. The smallest absolute Gasteiger partial charge is 0.414 e. The summed E-state index contributed by atoms with van der Waals surface area (Å²) in [6, 6.07) is 15.3. The Hall–Kier alpha value is -4.31. The number of carboxylic acid groups (broad SMARTS) is 2. The van der Waals surface area contributed by atoms with Gasteiger partial charge in [-0.15, -0.1) is 0 Å². The number of nitrogens with zero attached hydrogens (tertiary/aromatic N) is 3. The Morgan fingerprint density at radius 3 is 2.24 bits per heavy atom. The molecule has 0 aliphatic carbocycles. The van der Waals surface area contributed by atoms with Gasteiger partial charge in [-0.1, -0.05) is 18.2 Å². The molecule has 0 saturated carbocycles. The number of carbonyl (C=O) groups excluding carboxylic acids is 1. The summed E-state index contributed by atoms with van der Waals surface area (Å²) in [6.07, 6.45) is 6.92. The zero-order valence-corrected chi connectivity index (χ0v) is 18.9. The highest BCUT2D eigenvalue weighted by molar-refractivity contribution is 6.27. The average molecular weight is 466 g/mol. The standard InChI is InChI=1S/C22H25N5O.C2H2O4/c1-27(2)15-7-10-17-8-3-4-11-19(17)25-21-20(12-6-14-24-21)26-22(28)18-9-5-13-23-16-18;3-1(4)2(5)6/h3-6,8-9,11-14,16H,7,10,15H2,1-2H3,(H,24,25)(H,26,28);(H,3,4)(H,5,6). The number of hydrogen-bond donors (Lipinski definition) is 4. The van der Waals surface area contributed by atoms with E-state index in [1.165, 1.54) is 5.56 Å². The Balaban J connectivity index is 0.000000604. The Morgan fingerprint density at radius 1 is 0.912 bits per heavy atom. The van der Waals surface area contributed by atoms with Crippen LogP contribution >= 0.6 is 0 Å². The van der Waals surface area contributed by atoms with Crippen LogP contribution in [0.15, 0.2) is 67.1 Å². The van der Waals surface area contributed by atoms with Crippen LogP contribution in [0.1, 0.15) is 22.3 Å². The van der Waals surface area contributed by atoms with Crippen LogP contribution < -0.4 is 10.6 Å². The first kappa shape index (κ1) is 25.9. The number of aliphatic carboxylic acids is 2. The van der Waals surface area contributed by atoms with Gasteiger partial charge in [0, 0.05) is 24.3 Å². The largest absolute Gasteiger partial charge is 0.473 e. The van der Waals surface area contributed by atoms with E-state index in [2.05, 4.69) is 45.7 Å². The topological polar surface area (TPSA) is 145 Å². The third-order valence-corrected chi connectivity index (χ3v) is 4.48. The highest BCUT2D eigenvalue weighted by atomic mass is 16.4. The van der Waals surface area contributed by atoms with Crippen molar-refractivity contribution in [2.45, 2.75) is 12.8 Å². The van der Waals surface area contributed by atoms with E-state index in [-0.39, 0.29) is 5.91 Å². The van der Waals surface area contributed by atoms with Crippen molar-refractivity contribution in [3.05, 3.63) is 78.2 Å². The predicted octanol–water partition coefficient (Wildman–Crippen LogP) is 3.12. The molecule has 10 nitrogen and oxygen atoms in total. The van der Waals surface area contributed by atoms with E-state index < -0.39 is 11.9 Å². The van der Waals surface area contributed by atoms with Gasteiger partial charge in [0.1, 0.15) is 0 Å². The summed E-state index contributed by atoms with van der Waals surface area (Å²) in [7, 11) is 4.16. The van der Waals surface area contributed by atoms with Crippen LogP contribution in [-0.2, 0) is 16.0 Å². The lowest BCUT2D eigenvalue weighted by atomic mass is 10.1. The molecule has 0 bridgehead atoms. The molecule has 0 atom stereocenters. The number of pyridine rings is 2. The van der Waals surface area contributed by atoms with Gasteiger partial charge in [0.25, 0.3) is 5.91 Å². The summed E-state index contributed by atoms with van der Waals surface area (Å²) in [5.74, 6) is -3.26. The number of carboxylic acids is 2. The first-order valence-corrected chi connectivity index (χ1v) is 10.4. The lowest BCUT2D eigenvalue weighted by molar-refractivity contribution is -0.159. The zero-order chi connectivity index (χ0) is 24.9. The molecule has 0 unspecified atom stereocenters. The number of nitrogens with one attached hydrogen (secondary N) is 2. The molecule has 10 heteroatoms. The summed E-state index contributed by atoms with van der Waals surface area (Å²) in [5.41, 5.74) is 3.34. The SMILES string of the molecule is CN(C)CCCc1ccccc1Nc1ncccc1NC(=O)c1cccnc1.O=C(O)C(=O)O. The molecule has 4 N–H and O–H groups in total. The van der Waals surface area contributed by atoms with Crippen LogP contribution in [0.5, 0.6) is 0 Å². The number of benzene rings is 1. The molecule has 178 valence electrons. The van der Waals surface area contributed by atoms with E-state index in [1.807, 2.05) is 24.3 Å². The molecule has 0 saturated heterocycles. The molecule has 2 heterocycles. The van der Waals surface area contributed by atoms with E-state index in [1.54, 1.807) is 36.8 Å². The summed E-state index contributed by atoms with van der Waals surface area (Å²) < 4.78 is 0. The van der Waals surface area contributed by atoms with Crippen molar-refractivity contribution >= 4 is 35.0 Å². The second kappa shape index (κ2) is 13.3. The molecule has 0 radical (unpaired) electrons. The van der Waals surface area contributed by atoms with Crippen molar-refractivity contribution in [1.82, 2.24) is 14.9 Å². The van der Waals surface area contributed by atoms with E-state index >= 15 is 0 Å². The molecule has 3 aromatic rings. The highest BCUT2D eigenvalue weighted by Crippen LogP contribution is 2.26. The lowest BCUT2D eigenvalue weighted by Crippen LogP contribution is -2.14. The number of rotatable bonds is 8. The number of aryl methyl sites for hydroxylation is 1. The first-order chi connectivity index (χ1) is 16.3. The molecular formula is C24H27N5O5. The molecule has 1 aromatic carbocycles. The van der Waals surface area contributed by atoms with Crippen LogP contribution in [0.25, 0.3) is 0 Å². The van der Waals surface area contributed by atoms with Crippen molar-refractivity contribution in [3.63, 3.8) is 0 Å². The van der Waals surface area contributed by atoms with Crippen LogP contribution in [0.2, 0.25) is 0 Å². The van der Waals surface area contributed by atoms with Gasteiger partial charge in [0.15, 0.2) is 5.82 Å². The Morgan fingerprint density at radius 2 is 1.59 bits per heavy atom. The van der Waals surface area contributed by atoms with Gasteiger partial charge in [-0.05, 0) is 69.4 Å². The molecule has 0 fully saturated rings. The molecule has 1 amide bonds. The third-order valence-electron chi connectivity index (χ3n) is 4.48. The number of hydrogen-bond acceptors (Lipinski definition) is 7. The van der Waals surface area contributed by atoms with Crippen LogP contribution in [0.3, 0.4) is 0 Å². The maximum absolute atomic E-state index is 12.5. The van der Waals surface area contributed by atoms with Gasteiger partial charge >= 0.3 is 11.9 Å². The Kier molecular flexibility index (Phi) is 10.1. The van der Waals surface area contributed by atoms with Crippen LogP contribution in [-0.4, -0.2) is 63.6 Å². The number of amides is 1. The number of aromatic nitrogens is 2. The van der Waals surface area contributed by atoms with Crippen LogP contribution in [0.4, 0.5) is 17.2 Å². The van der Waals surface area contributed by atoms with Gasteiger partial charge in [-0.3, -0.25) is 9.78 Å². The highest BCUT2D eigenvalue weighted by Gasteiger charge is 2.11. The molecule has 0 aliphatic heterocycles. The van der Waals surface area contributed by atoms with E-state index in [0.717, 1.165) is 25.1 Å². The summed E-state index contributed by atoms with van der Waals surface area (Å²) >= 11 is 0. The second-order valence-corrected chi connectivity index (χ2v) is 7.39. The lowest BCUT2D eigenvalue weighted by Gasteiger charge is -2.15. The molecule has 2 aromatic heterocycles. The fourth-order valence-electron chi connectivity index (χ4n) is 2.87. The van der Waals surface area contributed by atoms with Crippen LogP contribution in [0, 0.1) is 0 Å². The average Bonchev–Trinajstić information content (AvgIpc) is 2.82. The summed E-state index contributed by atoms with van der Waals surface area (Å²) in [6.45, 7) is 1.03. The van der Waals surface area contributed by atoms with Gasteiger partial charge in [0.2, 0.25) is 0 Å². The molecule has 34 heavy (non-hydrogen) atoms. The third kappa shape index (κ3) is 8.67. The van der Waals surface area contributed by atoms with Gasteiger partial charge in [-0.25, -0.2) is 14.6 Å². The van der Waals surface area contributed by atoms with Gasteiger partial charge in [-0.2, -0.15) is 0 Å². The molecule has 0 aliphatic rings. The van der Waals surface area contributed by atoms with Crippen molar-refractivity contribution in [1.29, 1.82) is 0 Å². The molecular weight excluding hydrogens is 438 g/mol. The van der Waals surface area contributed by atoms with Gasteiger partial charge in [0.05, 0.1) is 11.3 Å². The second-order valence-electron chi connectivity index (χ2n) is 7.39. The van der Waals surface area contributed by atoms with E-state index in [0.29, 0.717) is 17.1 Å². The maximum atomic E-state index is 12.5. The first-order valence-electron chi connectivity index (χ1n) is 10.4. The zero-order valence-electron chi connectivity index (χ0n) is 18.9. The predicted molar refractivity (Wildman–Crippen MR) is 128 cm³/mol. The summed E-state index contributed by atoms with van der Waals surface area (Å²) in [4.78, 5) is 41.3. The van der Waals surface area contributed by atoms with Crippen molar-refractivity contribution in [2.24, 2.45) is 0 Å². The normalized spacial score (nSPS) is 10.1. The van der Waals surface area contributed by atoms with Gasteiger partial charge < -0.3 is 25.7 Å². The fraction of sp³-hybridized carbons (Fsp3) is 0.208. The van der Waals surface area contributed by atoms with Crippen molar-refractivity contribution in [2.75, 3.05) is 31.3 Å². The van der Waals surface area contributed by atoms with E-state index in [9.17, 15) is 4.79 Å². The quantitative estimate of drug-likeness (QED) is 0.369. The van der Waals surface area contributed by atoms with Crippen molar-refractivity contribution < 1.29 is 24.6 Å². The van der Waals surface area contributed by atoms with E-state index in [4.69, 9.17) is 19.8 Å². The van der Waals surface area contributed by atoms with Crippen molar-refractivity contribution in [3.8, 4) is 0 Å². The monoisotopic (exact) mass is 465 g/mol. The Labute approximate surface area is 197 Å². The molecule has 3 rings (SSSR count). The molecule has 0 spiro atoms.